The molecule has 4 N–H and O–H groups in total. The quantitative estimate of drug-likeness (QED) is 0.537. The molecule has 8 unspecified atom stereocenters. The van der Waals surface area contributed by atoms with E-state index in [1.165, 1.54) is 77.0 Å². The van der Waals surface area contributed by atoms with Crippen molar-refractivity contribution >= 4 is 0 Å². The van der Waals surface area contributed by atoms with Gasteiger partial charge in [-0.2, -0.15) is 0 Å². The van der Waals surface area contributed by atoms with Crippen LogP contribution in [0.25, 0.3) is 0 Å². The molecular weight excluding hydrogens is 320 g/mol. The smallest absolute Gasteiger partial charge is 0.0227 e. The number of hydrogen-bond donors (Lipinski definition) is 4. The summed E-state index contributed by atoms with van der Waals surface area (Å²) >= 11 is 0. The molecule has 146 valence electrons. The molecule has 0 amide bonds. The predicted octanol–water partition coefficient (Wildman–Crippen LogP) is 2.29. The minimum absolute atomic E-state index is 0.742. The summed E-state index contributed by atoms with van der Waals surface area (Å²) in [7, 11) is 0. The van der Waals surface area contributed by atoms with Gasteiger partial charge in [0.25, 0.3) is 0 Å². The van der Waals surface area contributed by atoms with Crippen LogP contribution in [0.1, 0.15) is 77.0 Å². The van der Waals surface area contributed by atoms with Crippen molar-refractivity contribution in [3.8, 4) is 0 Å². The minimum Gasteiger partial charge on any atom is -0.308 e. The first-order chi connectivity index (χ1) is 12.8. The fraction of sp³-hybridized carbons (Fsp3) is 1.00. The average Bonchev–Trinajstić information content (AvgIpc) is 2.67. The Morgan fingerprint density at radius 3 is 0.885 bits per heavy atom. The topological polar surface area (TPSA) is 48.1 Å². The maximum absolute atomic E-state index is 4.11. The van der Waals surface area contributed by atoms with Gasteiger partial charge in [0.2, 0.25) is 0 Å². The van der Waals surface area contributed by atoms with Crippen LogP contribution in [0.2, 0.25) is 0 Å². The van der Waals surface area contributed by atoms with E-state index in [2.05, 4.69) is 21.3 Å². The van der Waals surface area contributed by atoms with Crippen LogP contribution in [-0.4, -0.2) is 48.3 Å². The van der Waals surface area contributed by atoms with E-state index in [0.717, 1.165) is 60.2 Å². The van der Waals surface area contributed by atoms with Crippen LogP contribution in [0.3, 0.4) is 0 Å². The largest absolute Gasteiger partial charge is 0.308 e. The summed E-state index contributed by atoms with van der Waals surface area (Å²) in [6, 6.07) is 6.01. The van der Waals surface area contributed by atoms with Crippen LogP contribution in [0.5, 0.6) is 0 Å². The van der Waals surface area contributed by atoms with E-state index >= 15 is 0 Å². The Balaban J connectivity index is 1.15. The molecule has 4 aliphatic carbocycles. The van der Waals surface area contributed by atoms with Gasteiger partial charge in [0, 0.05) is 48.3 Å². The molecule has 6 aliphatic rings. The third-order valence-corrected chi connectivity index (χ3v) is 9.11. The van der Waals surface area contributed by atoms with Crippen LogP contribution < -0.4 is 21.3 Å². The fourth-order valence-corrected chi connectivity index (χ4v) is 7.82. The van der Waals surface area contributed by atoms with E-state index < -0.39 is 0 Å². The van der Waals surface area contributed by atoms with Gasteiger partial charge in [-0.1, -0.05) is 25.7 Å². The van der Waals surface area contributed by atoms with Crippen LogP contribution in [0, 0.1) is 11.8 Å². The summed E-state index contributed by atoms with van der Waals surface area (Å²) < 4.78 is 0. The van der Waals surface area contributed by atoms with Gasteiger partial charge in [0.1, 0.15) is 0 Å². The molecule has 2 aliphatic heterocycles. The van der Waals surface area contributed by atoms with Gasteiger partial charge in [-0.05, 0) is 63.2 Å². The molecule has 0 bridgehead atoms. The summed E-state index contributed by atoms with van der Waals surface area (Å²) in [6.45, 7) is 0. The van der Waals surface area contributed by atoms with Crippen molar-refractivity contribution in [3.05, 3.63) is 0 Å². The second-order valence-corrected chi connectivity index (χ2v) is 10.6. The zero-order valence-electron chi connectivity index (χ0n) is 16.3. The normalized spacial score (nSPS) is 56.3. The third-order valence-electron chi connectivity index (χ3n) is 9.11. The molecule has 4 saturated carbocycles. The molecule has 2 heterocycles. The first-order valence-electron chi connectivity index (χ1n) is 11.9. The number of hydrogen-bond acceptors (Lipinski definition) is 4. The number of rotatable bonds is 0. The number of piperazine rings is 2. The van der Waals surface area contributed by atoms with E-state index in [9.17, 15) is 0 Å². The lowest BCUT2D eigenvalue weighted by Crippen LogP contribution is -2.72. The highest BCUT2D eigenvalue weighted by Gasteiger charge is 2.49. The Hall–Kier alpha value is -0.160. The molecule has 4 nitrogen and oxygen atoms in total. The minimum atomic E-state index is 0.742. The van der Waals surface area contributed by atoms with Gasteiger partial charge in [0.15, 0.2) is 0 Å². The zero-order chi connectivity index (χ0) is 17.1. The van der Waals surface area contributed by atoms with E-state index in [0.29, 0.717) is 0 Å². The molecule has 0 aromatic heterocycles. The van der Waals surface area contributed by atoms with E-state index in [1.807, 2.05) is 0 Å². The molecule has 2 saturated heterocycles. The lowest BCUT2D eigenvalue weighted by molar-refractivity contribution is 0.0212. The Morgan fingerprint density at radius 1 is 0.346 bits per heavy atom. The fourth-order valence-electron chi connectivity index (χ4n) is 7.82. The Kier molecular flexibility index (Phi) is 4.33. The van der Waals surface area contributed by atoms with Crippen molar-refractivity contribution < 1.29 is 0 Å². The summed E-state index contributed by atoms with van der Waals surface area (Å²) in [5, 5.41) is 16.4. The molecule has 6 rings (SSSR count). The van der Waals surface area contributed by atoms with Crippen molar-refractivity contribution in [2.75, 3.05) is 0 Å². The second kappa shape index (κ2) is 6.72. The van der Waals surface area contributed by atoms with Crippen molar-refractivity contribution in [2.24, 2.45) is 11.8 Å². The molecule has 4 heteroatoms. The molecule has 26 heavy (non-hydrogen) atoms. The van der Waals surface area contributed by atoms with Gasteiger partial charge in [-0.15, -0.1) is 0 Å². The van der Waals surface area contributed by atoms with Crippen molar-refractivity contribution in [3.63, 3.8) is 0 Å². The summed E-state index contributed by atoms with van der Waals surface area (Å²) in [4.78, 5) is 0. The molecule has 0 aromatic carbocycles. The molecule has 0 aromatic rings. The van der Waals surface area contributed by atoms with Crippen LogP contribution in [0.15, 0.2) is 0 Å². The maximum atomic E-state index is 4.11. The highest BCUT2D eigenvalue weighted by molar-refractivity contribution is 5.09. The molecule has 8 atom stereocenters. The monoisotopic (exact) mass is 358 g/mol. The number of nitrogens with one attached hydrogen (secondary N) is 4. The summed E-state index contributed by atoms with van der Waals surface area (Å²) in [5.74, 6) is 1.89. The van der Waals surface area contributed by atoms with Crippen molar-refractivity contribution in [1.29, 1.82) is 0 Å². The first kappa shape index (κ1) is 16.8. The van der Waals surface area contributed by atoms with Crippen LogP contribution in [0.4, 0.5) is 0 Å². The SMILES string of the molecule is C1CCC2NC3CC4CC5NC6CCCCC6NC5CC4CC3NC2C1. The van der Waals surface area contributed by atoms with Gasteiger partial charge in [-0.3, -0.25) is 0 Å². The van der Waals surface area contributed by atoms with E-state index in [4.69, 9.17) is 0 Å². The average molecular weight is 359 g/mol. The van der Waals surface area contributed by atoms with Gasteiger partial charge >= 0.3 is 0 Å². The lowest BCUT2D eigenvalue weighted by Gasteiger charge is -2.56. The van der Waals surface area contributed by atoms with Gasteiger partial charge in [0.05, 0.1) is 0 Å². The lowest BCUT2D eigenvalue weighted by atomic mass is 9.63. The Bertz CT molecular complexity index is 434. The highest BCUT2D eigenvalue weighted by Crippen LogP contribution is 2.44. The predicted molar refractivity (Wildman–Crippen MR) is 105 cm³/mol. The summed E-state index contributed by atoms with van der Waals surface area (Å²) in [5.41, 5.74) is 0. The first-order valence-corrected chi connectivity index (χ1v) is 11.9. The molecule has 0 radical (unpaired) electrons. The van der Waals surface area contributed by atoms with E-state index in [1.54, 1.807) is 0 Å². The maximum Gasteiger partial charge on any atom is 0.0227 e. The Labute approximate surface area is 159 Å². The van der Waals surface area contributed by atoms with Crippen LogP contribution in [-0.2, 0) is 0 Å². The molecular formula is C22H38N4. The van der Waals surface area contributed by atoms with Crippen molar-refractivity contribution in [2.45, 2.75) is 125 Å². The molecule has 0 spiro atoms. The number of fused-ring (bicyclic) bond motifs is 5. The zero-order valence-corrected chi connectivity index (χ0v) is 16.3. The second-order valence-electron chi connectivity index (χ2n) is 10.6. The standard InChI is InChI=1S/C22H38N4/c1-2-6-16-15(5-1)23-19-9-13-11-21-22(12-14(13)10-20(19)24-16)26-18-8-4-3-7-17(18)25-21/h13-26H,1-12H2. The van der Waals surface area contributed by atoms with Gasteiger partial charge in [-0.25, -0.2) is 0 Å². The highest BCUT2D eigenvalue weighted by atomic mass is 15.2. The third kappa shape index (κ3) is 2.87. The summed E-state index contributed by atoms with van der Waals surface area (Å²) in [6.07, 6.45) is 17.0. The van der Waals surface area contributed by atoms with E-state index in [-0.39, 0.29) is 0 Å². The molecule has 6 fully saturated rings. The van der Waals surface area contributed by atoms with Crippen LogP contribution >= 0.6 is 0 Å². The Morgan fingerprint density at radius 2 is 0.615 bits per heavy atom. The van der Waals surface area contributed by atoms with Crippen molar-refractivity contribution in [1.82, 2.24) is 21.3 Å². The van der Waals surface area contributed by atoms with Gasteiger partial charge < -0.3 is 21.3 Å².